The second-order valence-corrected chi connectivity index (χ2v) is 8.06. The third-order valence-electron chi connectivity index (χ3n) is 4.33. The second kappa shape index (κ2) is 8.81. The Labute approximate surface area is 159 Å². The molecular weight excluding hydrogens is 362 g/mol. The number of amidine groups is 1. The van der Waals surface area contributed by atoms with E-state index in [0.29, 0.717) is 30.9 Å². The minimum atomic E-state index is -3.48. The molecule has 6 nitrogen and oxygen atoms in total. The molecule has 27 heavy (non-hydrogen) atoms. The molecule has 7 heteroatoms. The van der Waals surface area contributed by atoms with Gasteiger partial charge < -0.3 is 5.32 Å². The number of rotatable bonds is 8. The van der Waals surface area contributed by atoms with Crippen LogP contribution in [0.4, 0.5) is 0 Å². The zero-order valence-electron chi connectivity index (χ0n) is 15.0. The van der Waals surface area contributed by atoms with E-state index in [0.717, 1.165) is 24.8 Å². The van der Waals surface area contributed by atoms with E-state index < -0.39 is 10.0 Å². The predicted octanol–water partition coefficient (Wildman–Crippen LogP) is 2.60. The summed E-state index contributed by atoms with van der Waals surface area (Å²) in [7, 11) is -3.48. The van der Waals surface area contributed by atoms with Gasteiger partial charge in [-0.25, -0.2) is 8.42 Å². The summed E-state index contributed by atoms with van der Waals surface area (Å²) in [5.74, 6) is 0.453. The van der Waals surface area contributed by atoms with E-state index in [1.54, 1.807) is 24.3 Å². The number of nitrogens with one attached hydrogen (secondary N) is 2. The molecule has 0 saturated heterocycles. The molecular formula is C20H23N3O3S. The van der Waals surface area contributed by atoms with Crippen molar-refractivity contribution < 1.29 is 13.2 Å². The normalized spacial score (nSPS) is 15.9. The van der Waals surface area contributed by atoms with E-state index in [1.165, 1.54) is 0 Å². The third-order valence-corrected chi connectivity index (χ3v) is 5.72. The highest BCUT2D eigenvalue weighted by molar-refractivity contribution is 7.90. The van der Waals surface area contributed by atoms with Crippen molar-refractivity contribution in [1.82, 2.24) is 10.0 Å². The number of nitrogens with zero attached hydrogens (tertiary/aromatic N) is 1. The molecule has 2 aromatic rings. The molecule has 0 atom stereocenters. The largest absolute Gasteiger partial charge is 0.352 e. The smallest absolute Gasteiger partial charge is 0.263 e. The molecule has 0 radical (unpaired) electrons. The van der Waals surface area contributed by atoms with Crippen molar-refractivity contribution in [2.45, 2.75) is 37.1 Å². The van der Waals surface area contributed by atoms with Gasteiger partial charge in [0.05, 0.1) is 4.90 Å². The van der Waals surface area contributed by atoms with Crippen LogP contribution in [0, 0.1) is 0 Å². The number of carbonyl (C=O) groups excluding carboxylic acids is 1. The molecule has 1 heterocycles. The summed E-state index contributed by atoms with van der Waals surface area (Å²) in [5.41, 5.74) is 1.71. The van der Waals surface area contributed by atoms with Crippen LogP contribution in [0.5, 0.6) is 0 Å². The Kier molecular flexibility index (Phi) is 6.24. The topological polar surface area (TPSA) is 87.6 Å². The maximum atomic E-state index is 12.0. The molecule has 1 aliphatic rings. The molecule has 0 bridgehead atoms. The van der Waals surface area contributed by atoms with Gasteiger partial charge in [-0.3, -0.25) is 14.5 Å². The average molecular weight is 385 g/mol. The number of fused-ring (bicyclic) bond motifs is 1. The standard InChI is InChI=1S/C20H23N3O3S/c24-19(22-15-16-9-3-1-4-10-16)13-5-2-8-14-21-20-17-11-6-7-12-18(17)27(25,26)23-20/h1,3-4,6-7,9-12H,2,5,8,13-15H2,(H,21,23)(H,22,24). The van der Waals surface area contributed by atoms with Crippen LogP contribution < -0.4 is 10.0 Å². The van der Waals surface area contributed by atoms with Gasteiger partial charge in [0.2, 0.25) is 5.91 Å². The number of benzene rings is 2. The van der Waals surface area contributed by atoms with Gasteiger partial charge in [-0.15, -0.1) is 0 Å². The fourth-order valence-corrected chi connectivity index (χ4v) is 4.15. The van der Waals surface area contributed by atoms with Crippen molar-refractivity contribution in [2.24, 2.45) is 4.99 Å². The first-order valence-electron chi connectivity index (χ1n) is 9.03. The number of hydrogen-bond donors (Lipinski definition) is 2. The predicted molar refractivity (Wildman–Crippen MR) is 105 cm³/mol. The molecule has 1 amide bonds. The van der Waals surface area contributed by atoms with Crippen LogP contribution in [0.2, 0.25) is 0 Å². The van der Waals surface area contributed by atoms with Crippen molar-refractivity contribution in [2.75, 3.05) is 6.54 Å². The summed E-state index contributed by atoms with van der Waals surface area (Å²) in [5, 5.41) is 2.91. The Balaban J connectivity index is 1.36. The van der Waals surface area contributed by atoms with Gasteiger partial charge in [0.25, 0.3) is 10.0 Å². The van der Waals surface area contributed by atoms with Crippen LogP contribution in [-0.2, 0) is 21.4 Å². The van der Waals surface area contributed by atoms with Crippen LogP contribution in [0.25, 0.3) is 0 Å². The number of sulfonamides is 1. The Hall–Kier alpha value is -2.67. The van der Waals surface area contributed by atoms with E-state index >= 15 is 0 Å². The lowest BCUT2D eigenvalue weighted by atomic mass is 10.1. The highest BCUT2D eigenvalue weighted by Crippen LogP contribution is 2.22. The highest BCUT2D eigenvalue weighted by Gasteiger charge is 2.29. The number of carbonyl (C=O) groups is 1. The van der Waals surface area contributed by atoms with E-state index in [9.17, 15) is 13.2 Å². The Morgan fingerprint density at radius 2 is 1.70 bits per heavy atom. The van der Waals surface area contributed by atoms with Crippen molar-refractivity contribution in [3.05, 3.63) is 65.7 Å². The van der Waals surface area contributed by atoms with Gasteiger partial charge in [0.1, 0.15) is 5.84 Å². The monoisotopic (exact) mass is 385 g/mol. The van der Waals surface area contributed by atoms with Gasteiger partial charge in [0, 0.05) is 25.1 Å². The van der Waals surface area contributed by atoms with E-state index in [4.69, 9.17) is 0 Å². The Bertz CT molecular complexity index is 924. The highest BCUT2D eigenvalue weighted by atomic mass is 32.2. The molecule has 0 aliphatic carbocycles. The van der Waals surface area contributed by atoms with E-state index in [-0.39, 0.29) is 10.8 Å². The molecule has 0 fully saturated rings. The minimum absolute atomic E-state index is 0.0441. The summed E-state index contributed by atoms with van der Waals surface area (Å²) in [6.07, 6.45) is 2.94. The number of amides is 1. The molecule has 2 N–H and O–H groups in total. The van der Waals surface area contributed by atoms with Gasteiger partial charge in [-0.2, -0.15) is 0 Å². The molecule has 142 valence electrons. The van der Waals surface area contributed by atoms with E-state index in [2.05, 4.69) is 15.0 Å². The molecule has 1 aliphatic heterocycles. The quantitative estimate of drug-likeness (QED) is 0.685. The summed E-state index contributed by atoms with van der Waals surface area (Å²) in [6, 6.07) is 16.6. The molecule has 0 spiro atoms. The maximum absolute atomic E-state index is 12.0. The van der Waals surface area contributed by atoms with Crippen molar-refractivity contribution >= 4 is 21.8 Å². The maximum Gasteiger partial charge on any atom is 0.263 e. The molecule has 2 aromatic carbocycles. The molecule has 0 unspecified atom stereocenters. The number of hydrogen-bond acceptors (Lipinski definition) is 4. The van der Waals surface area contributed by atoms with Gasteiger partial charge in [-0.1, -0.05) is 48.9 Å². The van der Waals surface area contributed by atoms with Gasteiger partial charge >= 0.3 is 0 Å². The molecule has 0 aromatic heterocycles. The van der Waals surface area contributed by atoms with Crippen LogP contribution in [0.1, 0.15) is 36.8 Å². The lowest BCUT2D eigenvalue weighted by Gasteiger charge is -2.05. The number of aliphatic imine (C=N–C) groups is 1. The first-order chi connectivity index (χ1) is 13.1. The van der Waals surface area contributed by atoms with E-state index in [1.807, 2.05) is 30.3 Å². The first kappa shape index (κ1) is 19.1. The fourth-order valence-electron chi connectivity index (χ4n) is 2.90. The average Bonchev–Trinajstić information content (AvgIpc) is 2.94. The zero-order chi connectivity index (χ0) is 19.1. The van der Waals surface area contributed by atoms with Crippen LogP contribution in [0.15, 0.2) is 64.5 Å². The second-order valence-electron chi connectivity index (χ2n) is 6.40. The van der Waals surface area contributed by atoms with Crippen molar-refractivity contribution in [3.63, 3.8) is 0 Å². The summed E-state index contributed by atoms with van der Waals surface area (Å²) in [6.45, 7) is 1.07. The van der Waals surface area contributed by atoms with Gasteiger partial charge in [-0.05, 0) is 30.5 Å². The summed E-state index contributed by atoms with van der Waals surface area (Å²) < 4.78 is 26.5. The summed E-state index contributed by atoms with van der Waals surface area (Å²) in [4.78, 5) is 16.5. The van der Waals surface area contributed by atoms with Gasteiger partial charge in [0.15, 0.2) is 0 Å². The fraction of sp³-hybridized carbons (Fsp3) is 0.300. The lowest BCUT2D eigenvalue weighted by molar-refractivity contribution is -0.121. The zero-order valence-corrected chi connectivity index (χ0v) is 15.8. The SMILES string of the molecule is O=C(CCCCCN=C1NS(=O)(=O)c2ccccc21)NCc1ccccc1. The third kappa shape index (κ3) is 5.17. The van der Waals surface area contributed by atoms with Crippen molar-refractivity contribution in [1.29, 1.82) is 0 Å². The Morgan fingerprint density at radius 3 is 2.52 bits per heavy atom. The first-order valence-corrected chi connectivity index (χ1v) is 10.5. The van der Waals surface area contributed by atoms with Crippen LogP contribution in [-0.4, -0.2) is 26.7 Å². The van der Waals surface area contributed by atoms with Crippen LogP contribution in [0.3, 0.4) is 0 Å². The minimum Gasteiger partial charge on any atom is -0.352 e. The molecule has 3 rings (SSSR count). The van der Waals surface area contributed by atoms with Crippen LogP contribution >= 0.6 is 0 Å². The molecule has 0 saturated carbocycles. The summed E-state index contributed by atoms with van der Waals surface area (Å²) >= 11 is 0. The number of unbranched alkanes of at least 4 members (excludes halogenated alkanes) is 2. The van der Waals surface area contributed by atoms with Crippen molar-refractivity contribution in [3.8, 4) is 0 Å². The Morgan fingerprint density at radius 1 is 0.963 bits per heavy atom. The lowest BCUT2D eigenvalue weighted by Crippen LogP contribution is -2.22.